The number of aliphatic hydroxyl groups excluding tert-OH is 1. The van der Waals surface area contributed by atoms with E-state index in [1.165, 1.54) is 17.0 Å². The Balaban J connectivity index is 2.03. The molecule has 3 rings (SSSR count). The standard InChI is InChI=1S/C22H22FNO3/c1-14(2)12-18(25)19-20(16-8-10-17(23)11-9-16)24(22(27)21(19)26)13-15-6-4-3-5-7-15/h3-11,14,20,26H,12-13H2,1-2H3. The monoisotopic (exact) mass is 367 g/mol. The predicted molar refractivity (Wildman–Crippen MR) is 100 cm³/mol. The third-order valence-corrected chi connectivity index (χ3v) is 4.58. The minimum Gasteiger partial charge on any atom is -0.503 e. The van der Waals surface area contributed by atoms with Crippen molar-refractivity contribution < 1.29 is 19.1 Å². The molecule has 27 heavy (non-hydrogen) atoms. The molecule has 0 saturated carbocycles. The van der Waals surface area contributed by atoms with Gasteiger partial charge in [-0.15, -0.1) is 0 Å². The summed E-state index contributed by atoms with van der Waals surface area (Å²) in [5.74, 6) is -1.67. The second-order valence-corrected chi connectivity index (χ2v) is 7.16. The molecule has 1 atom stereocenters. The highest BCUT2D eigenvalue weighted by molar-refractivity contribution is 6.09. The largest absolute Gasteiger partial charge is 0.503 e. The number of carbonyl (C=O) groups excluding carboxylic acids is 2. The van der Waals surface area contributed by atoms with E-state index in [1.54, 1.807) is 12.1 Å². The number of hydrogen-bond acceptors (Lipinski definition) is 3. The quantitative estimate of drug-likeness (QED) is 0.826. The maximum absolute atomic E-state index is 13.4. The van der Waals surface area contributed by atoms with Gasteiger partial charge in [0.1, 0.15) is 5.82 Å². The molecule has 2 aromatic rings. The molecule has 2 aromatic carbocycles. The number of ketones is 1. The Bertz CT molecular complexity index is 872. The molecule has 0 fully saturated rings. The van der Waals surface area contributed by atoms with Crippen molar-refractivity contribution in [3.8, 4) is 0 Å². The van der Waals surface area contributed by atoms with Gasteiger partial charge in [0.05, 0.1) is 11.6 Å². The maximum atomic E-state index is 13.4. The molecule has 4 nitrogen and oxygen atoms in total. The van der Waals surface area contributed by atoms with Gasteiger partial charge in [0, 0.05) is 13.0 Å². The van der Waals surface area contributed by atoms with Crippen LogP contribution < -0.4 is 0 Å². The van der Waals surface area contributed by atoms with Gasteiger partial charge in [0.15, 0.2) is 11.5 Å². The summed E-state index contributed by atoms with van der Waals surface area (Å²) in [4.78, 5) is 27.0. The van der Waals surface area contributed by atoms with E-state index in [-0.39, 0.29) is 30.2 Å². The van der Waals surface area contributed by atoms with Crippen molar-refractivity contribution in [3.63, 3.8) is 0 Å². The Morgan fingerprint density at radius 2 is 1.74 bits per heavy atom. The van der Waals surface area contributed by atoms with Crippen LogP contribution in [0.2, 0.25) is 0 Å². The van der Waals surface area contributed by atoms with Gasteiger partial charge in [-0.2, -0.15) is 0 Å². The summed E-state index contributed by atoms with van der Waals surface area (Å²) >= 11 is 0. The molecule has 1 heterocycles. The van der Waals surface area contributed by atoms with Crippen LogP contribution in [0.3, 0.4) is 0 Å². The number of carbonyl (C=O) groups is 2. The molecule has 0 spiro atoms. The third-order valence-electron chi connectivity index (χ3n) is 4.58. The Morgan fingerprint density at radius 1 is 1.11 bits per heavy atom. The number of Topliss-reactive ketones (excluding diaryl/α,β-unsaturated/α-hetero) is 1. The summed E-state index contributed by atoms with van der Waals surface area (Å²) in [5.41, 5.74) is 1.57. The summed E-state index contributed by atoms with van der Waals surface area (Å²) in [6, 6.07) is 14.3. The van der Waals surface area contributed by atoms with Gasteiger partial charge in [0.25, 0.3) is 5.91 Å². The first-order valence-corrected chi connectivity index (χ1v) is 8.95. The fraction of sp³-hybridized carbons (Fsp3) is 0.273. The number of rotatable bonds is 6. The lowest BCUT2D eigenvalue weighted by Crippen LogP contribution is -2.30. The van der Waals surface area contributed by atoms with E-state index >= 15 is 0 Å². The zero-order valence-electron chi connectivity index (χ0n) is 15.4. The van der Waals surface area contributed by atoms with Crippen molar-refractivity contribution in [2.24, 2.45) is 5.92 Å². The van der Waals surface area contributed by atoms with E-state index in [0.29, 0.717) is 5.56 Å². The average Bonchev–Trinajstić information content (AvgIpc) is 2.88. The van der Waals surface area contributed by atoms with Crippen LogP contribution in [0.1, 0.15) is 37.4 Å². The smallest absolute Gasteiger partial charge is 0.290 e. The Kier molecular flexibility index (Phi) is 5.40. The summed E-state index contributed by atoms with van der Waals surface area (Å²) in [6.07, 6.45) is 0.226. The molecule has 0 aromatic heterocycles. The minimum atomic E-state index is -0.732. The summed E-state index contributed by atoms with van der Waals surface area (Å²) in [5, 5.41) is 10.5. The minimum absolute atomic E-state index is 0.0879. The van der Waals surface area contributed by atoms with Crippen molar-refractivity contribution in [2.45, 2.75) is 32.9 Å². The predicted octanol–water partition coefficient (Wildman–Crippen LogP) is 4.34. The molecule has 5 heteroatoms. The van der Waals surface area contributed by atoms with Gasteiger partial charge in [-0.25, -0.2) is 4.39 Å². The number of hydrogen-bond donors (Lipinski definition) is 1. The molecule has 0 radical (unpaired) electrons. The van der Waals surface area contributed by atoms with Crippen molar-refractivity contribution in [1.29, 1.82) is 0 Å². The van der Waals surface area contributed by atoms with Crippen LogP contribution in [0.4, 0.5) is 4.39 Å². The first-order valence-electron chi connectivity index (χ1n) is 8.95. The van der Waals surface area contributed by atoms with Gasteiger partial charge in [0.2, 0.25) is 0 Å². The van der Waals surface area contributed by atoms with E-state index in [0.717, 1.165) is 5.56 Å². The highest BCUT2D eigenvalue weighted by Gasteiger charge is 2.43. The lowest BCUT2D eigenvalue weighted by Gasteiger charge is -2.27. The highest BCUT2D eigenvalue weighted by Crippen LogP contribution is 2.39. The Hall–Kier alpha value is -2.95. The lowest BCUT2D eigenvalue weighted by molar-refractivity contribution is -0.130. The third kappa shape index (κ3) is 3.92. The summed E-state index contributed by atoms with van der Waals surface area (Å²) in [7, 11) is 0. The fourth-order valence-electron chi connectivity index (χ4n) is 3.35. The molecule has 1 N–H and O–H groups in total. The van der Waals surface area contributed by atoms with Crippen molar-refractivity contribution >= 4 is 11.7 Å². The van der Waals surface area contributed by atoms with Gasteiger partial charge < -0.3 is 10.0 Å². The molecule has 1 unspecified atom stereocenters. The highest BCUT2D eigenvalue weighted by atomic mass is 19.1. The van der Waals surface area contributed by atoms with Crippen LogP contribution >= 0.6 is 0 Å². The number of halogens is 1. The van der Waals surface area contributed by atoms with Crippen LogP contribution in [0, 0.1) is 11.7 Å². The fourth-order valence-corrected chi connectivity index (χ4v) is 3.35. The van der Waals surface area contributed by atoms with Crippen molar-refractivity contribution in [1.82, 2.24) is 4.90 Å². The molecule has 0 aliphatic carbocycles. The Morgan fingerprint density at radius 3 is 2.33 bits per heavy atom. The molecular formula is C22H22FNO3. The van der Waals surface area contributed by atoms with Gasteiger partial charge in [-0.05, 0) is 29.2 Å². The molecular weight excluding hydrogens is 345 g/mol. The van der Waals surface area contributed by atoms with Crippen molar-refractivity contribution in [2.75, 3.05) is 0 Å². The number of aliphatic hydroxyl groups is 1. The van der Waals surface area contributed by atoms with E-state index in [9.17, 15) is 19.1 Å². The second kappa shape index (κ2) is 7.74. The number of nitrogens with zero attached hydrogens (tertiary/aromatic N) is 1. The van der Waals surface area contributed by atoms with E-state index in [1.807, 2.05) is 44.2 Å². The summed E-state index contributed by atoms with van der Waals surface area (Å²) < 4.78 is 13.4. The zero-order valence-corrected chi connectivity index (χ0v) is 15.4. The van der Waals surface area contributed by atoms with Gasteiger partial charge in [-0.3, -0.25) is 9.59 Å². The molecule has 1 aliphatic rings. The maximum Gasteiger partial charge on any atom is 0.290 e. The van der Waals surface area contributed by atoms with Gasteiger partial charge in [-0.1, -0.05) is 56.3 Å². The lowest BCUT2D eigenvalue weighted by atomic mass is 9.92. The van der Waals surface area contributed by atoms with E-state index in [2.05, 4.69) is 0 Å². The van der Waals surface area contributed by atoms with E-state index in [4.69, 9.17) is 0 Å². The zero-order chi connectivity index (χ0) is 19.6. The topological polar surface area (TPSA) is 57.6 Å². The average molecular weight is 367 g/mol. The SMILES string of the molecule is CC(C)CC(=O)C1=C(O)C(=O)N(Cc2ccccc2)C1c1ccc(F)cc1. The first kappa shape index (κ1) is 18.8. The number of amides is 1. The van der Waals surface area contributed by atoms with E-state index < -0.39 is 23.5 Å². The normalized spacial score (nSPS) is 17.1. The van der Waals surface area contributed by atoms with Crippen molar-refractivity contribution in [3.05, 3.63) is 82.9 Å². The van der Waals surface area contributed by atoms with Crippen LogP contribution in [-0.2, 0) is 16.1 Å². The van der Waals surface area contributed by atoms with Crippen LogP contribution in [0.15, 0.2) is 65.9 Å². The number of benzene rings is 2. The van der Waals surface area contributed by atoms with Crippen LogP contribution in [-0.4, -0.2) is 21.7 Å². The molecule has 1 aliphatic heterocycles. The summed E-state index contributed by atoms with van der Waals surface area (Å²) in [6.45, 7) is 4.05. The Labute approximate surface area is 157 Å². The second-order valence-electron chi connectivity index (χ2n) is 7.16. The first-order chi connectivity index (χ1) is 12.9. The van der Waals surface area contributed by atoms with Crippen LogP contribution in [0.5, 0.6) is 0 Å². The van der Waals surface area contributed by atoms with Gasteiger partial charge >= 0.3 is 0 Å². The molecule has 1 amide bonds. The van der Waals surface area contributed by atoms with Crippen LogP contribution in [0.25, 0.3) is 0 Å². The molecule has 140 valence electrons. The molecule has 0 saturated heterocycles. The molecule has 0 bridgehead atoms.